The molecular weight excluding hydrogens is 368 g/mol. The Morgan fingerprint density at radius 2 is 1.66 bits per heavy atom. The molecule has 1 aliphatic rings. The summed E-state index contributed by atoms with van der Waals surface area (Å²) in [6, 6.07) is 12.5. The number of aromatic nitrogens is 2. The molecule has 2 aromatic carbocycles. The number of hydrogen-bond donors (Lipinski definition) is 2. The first-order valence-electron chi connectivity index (χ1n) is 9.81. The van der Waals surface area contributed by atoms with Crippen molar-refractivity contribution in [3.05, 3.63) is 75.2 Å². The van der Waals surface area contributed by atoms with Crippen molar-refractivity contribution in [2.75, 3.05) is 0 Å². The van der Waals surface area contributed by atoms with Crippen LogP contribution in [0, 0.1) is 0 Å². The molecule has 2 N–H and O–H groups in total. The van der Waals surface area contributed by atoms with E-state index in [1.165, 1.54) is 22.2 Å². The van der Waals surface area contributed by atoms with Gasteiger partial charge in [0.15, 0.2) is 5.69 Å². The van der Waals surface area contributed by atoms with Gasteiger partial charge >= 0.3 is 0 Å². The molecule has 1 aromatic heterocycles. The van der Waals surface area contributed by atoms with Gasteiger partial charge in [-0.25, -0.2) is 4.68 Å². The standard InChI is InChI=1S/C22H22N4O3/c1-2-26-22(29)18-10-6-5-9-17(18)19(25-26)21(28)24-23-20(27)16-12-11-14-7-3-4-8-15(14)13-16/h5-6,9-13H,2-4,7-8H2,1H3,(H,23,27)(H,24,28). The monoisotopic (exact) mass is 390 g/mol. The third-order valence-corrected chi connectivity index (χ3v) is 5.28. The maximum Gasteiger partial charge on any atom is 0.290 e. The van der Waals surface area contributed by atoms with Crippen molar-refractivity contribution in [3.63, 3.8) is 0 Å². The molecule has 2 amide bonds. The van der Waals surface area contributed by atoms with Crippen LogP contribution in [-0.4, -0.2) is 21.6 Å². The lowest BCUT2D eigenvalue weighted by atomic mass is 9.90. The predicted octanol–water partition coefficient (Wildman–Crippen LogP) is 2.37. The van der Waals surface area contributed by atoms with Gasteiger partial charge in [0.05, 0.1) is 5.39 Å². The molecule has 0 saturated heterocycles. The minimum absolute atomic E-state index is 0.0905. The SMILES string of the molecule is CCn1nc(C(=O)NNC(=O)c2ccc3c(c2)CCCC3)c2ccccc2c1=O. The van der Waals surface area contributed by atoms with Crippen LogP contribution in [-0.2, 0) is 19.4 Å². The van der Waals surface area contributed by atoms with Crippen molar-refractivity contribution in [1.82, 2.24) is 20.6 Å². The highest BCUT2D eigenvalue weighted by atomic mass is 16.2. The number of benzene rings is 2. The lowest BCUT2D eigenvalue weighted by molar-refractivity contribution is 0.0843. The summed E-state index contributed by atoms with van der Waals surface area (Å²) in [5.41, 5.74) is 7.70. The Balaban J connectivity index is 1.55. The number of hydrazine groups is 1. The summed E-state index contributed by atoms with van der Waals surface area (Å²) in [5.74, 6) is -0.963. The zero-order valence-corrected chi connectivity index (χ0v) is 16.2. The fraction of sp³-hybridized carbons (Fsp3) is 0.273. The van der Waals surface area contributed by atoms with Crippen LogP contribution in [0.2, 0.25) is 0 Å². The Kier molecular flexibility index (Phi) is 5.12. The van der Waals surface area contributed by atoms with Crippen molar-refractivity contribution < 1.29 is 9.59 Å². The number of rotatable bonds is 3. The fourth-order valence-corrected chi connectivity index (χ4v) is 3.74. The molecule has 4 rings (SSSR count). The minimum atomic E-state index is -0.574. The number of hydrogen-bond acceptors (Lipinski definition) is 4. The second-order valence-electron chi connectivity index (χ2n) is 7.11. The van der Waals surface area contributed by atoms with E-state index < -0.39 is 5.91 Å². The second-order valence-corrected chi connectivity index (χ2v) is 7.11. The predicted molar refractivity (Wildman–Crippen MR) is 110 cm³/mol. The number of carbonyl (C=O) groups excluding carboxylic acids is 2. The van der Waals surface area contributed by atoms with E-state index in [1.54, 1.807) is 37.3 Å². The number of nitrogens with one attached hydrogen (secondary N) is 2. The van der Waals surface area contributed by atoms with Crippen molar-refractivity contribution in [2.45, 2.75) is 39.2 Å². The van der Waals surface area contributed by atoms with Gasteiger partial charge in [-0.2, -0.15) is 5.10 Å². The summed E-state index contributed by atoms with van der Waals surface area (Å²) in [4.78, 5) is 37.6. The van der Waals surface area contributed by atoms with E-state index in [2.05, 4.69) is 16.0 Å². The number of amides is 2. The Morgan fingerprint density at radius 3 is 2.41 bits per heavy atom. The Labute approximate surface area is 167 Å². The van der Waals surface area contributed by atoms with Gasteiger partial charge in [0, 0.05) is 17.5 Å². The van der Waals surface area contributed by atoms with Crippen LogP contribution in [0.4, 0.5) is 0 Å². The molecule has 7 nitrogen and oxygen atoms in total. The van der Waals surface area contributed by atoms with Gasteiger partial charge in [0.2, 0.25) is 0 Å². The summed E-state index contributed by atoms with van der Waals surface area (Å²) in [7, 11) is 0. The fourth-order valence-electron chi connectivity index (χ4n) is 3.74. The van der Waals surface area contributed by atoms with Gasteiger partial charge in [0.1, 0.15) is 0 Å². The molecule has 0 atom stereocenters. The molecule has 0 spiro atoms. The summed E-state index contributed by atoms with van der Waals surface area (Å²) >= 11 is 0. The summed E-state index contributed by atoms with van der Waals surface area (Å²) < 4.78 is 1.24. The van der Waals surface area contributed by atoms with E-state index in [0.717, 1.165) is 19.3 Å². The van der Waals surface area contributed by atoms with E-state index in [0.29, 0.717) is 22.9 Å². The molecule has 148 valence electrons. The number of carbonyl (C=O) groups is 2. The minimum Gasteiger partial charge on any atom is -0.267 e. The van der Waals surface area contributed by atoms with Crippen molar-refractivity contribution >= 4 is 22.6 Å². The van der Waals surface area contributed by atoms with E-state index in [4.69, 9.17) is 0 Å². The number of fused-ring (bicyclic) bond motifs is 2. The van der Waals surface area contributed by atoms with Gasteiger partial charge in [-0.15, -0.1) is 0 Å². The first-order chi connectivity index (χ1) is 14.1. The van der Waals surface area contributed by atoms with E-state index in [1.807, 2.05) is 12.1 Å². The molecule has 0 unspecified atom stereocenters. The van der Waals surface area contributed by atoms with Gasteiger partial charge in [-0.1, -0.05) is 24.3 Å². The molecule has 0 aliphatic heterocycles. The van der Waals surface area contributed by atoms with E-state index in [-0.39, 0.29) is 17.2 Å². The van der Waals surface area contributed by atoms with Crippen LogP contribution >= 0.6 is 0 Å². The molecule has 1 heterocycles. The normalized spacial score (nSPS) is 13.0. The topological polar surface area (TPSA) is 93.1 Å². The average Bonchev–Trinajstić information content (AvgIpc) is 2.77. The number of aryl methyl sites for hydroxylation is 3. The molecule has 1 aliphatic carbocycles. The summed E-state index contributed by atoms with van der Waals surface area (Å²) in [6.45, 7) is 2.12. The first kappa shape index (κ1) is 18.9. The van der Waals surface area contributed by atoms with Gasteiger partial charge in [0.25, 0.3) is 17.4 Å². The van der Waals surface area contributed by atoms with E-state index in [9.17, 15) is 14.4 Å². The first-order valence-corrected chi connectivity index (χ1v) is 9.81. The molecule has 0 saturated carbocycles. The summed E-state index contributed by atoms with van der Waals surface area (Å²) in [5, 5.41) is 5.03. The third-order valence-electron chi connectivity index (χ3n) is 5.28. The lowest BCUT2D eigenvalue weighted by Crippen LogP contribution is -2.42. The molecule has 29 heavy (non-hydrogen) atoms. The van der Waals surface area contributed by atoms with Crippen molar-refractivity contribution in [1.29, 1.82) is 0 Å². The van der Waals surface area contributed by atoms with Crippen LogP contribution in [0.15, 0.2) is 47.3 Å². The maximum absolute atomic E-state index is 12.7. The highest BCUT2D eigenvalue weighted by molar-refractivity contribution is 6.06. The van der Waals surface area contributed by atoms with Crippen LogP contribution in [0.3, 0.4) is 0 Å². The van der Waals surface area contributed by atoms with Crippen LogP contribution < -0.4 is 16.4 Å². The lowest BCUT2D eigenvalue weighted by Gasteiger charge is -2.16. The second kappa shape index (κ2) is 7.87. The third kappa shape index (κ3) is 3.63. The Bertz CT molecular complexity index is 1170. The highest BCUT2D eigenvalue weighted by Gasteiger charge is 2.18. The van der Waals surface area contributed by atoms with Gasteiger partial charge in [-0.05, 0) is 61.9 Å². The van der Waals surface area contributed by atoms with Gasteiger partial charge in [-0.3, -0.25) is 25.2 Å². The molecule has 7 heteroatoms. The largest absolute Gasteiger partial charge is 0.290 e. The average molecular weight is 390 g/mol. The zero-order valence-electron chi connectivity index (χ0n) is 16.2. The van der Waals surface area contributed by atoms with Crippen LogP contribution in [0.1, 0.15) is 51.7 Å². The zero-order chi connectivity index (χ0) is 20.4. The number of nitrogens with zero attached hydrogens (tertiary/aromatic N) is 2. The van der Waals surface area contributed by atoms with Crippen LogP contribution in [0.25, 0.3) is 10.8 Å². The Morgan fingerprint density at radius 1 is 0.966 bits per heavy atom. The van der Waals surface area contributed by atoms with Crippen LogP contribution in [0.5, 0.6) is 0 Å². The van der Waals surface area contributed by atoms with Crippen molar-refractivity contribution in [3.8, 4) is 0 Å². The summed E-state index contributed by atoms with van der Waals surface area (Å²) in [6.07, 6.45) is 4.31. The highest BCUT2D eigenvalue weighted by Crippen LogP contribution is 2.22. The molecule has 3 aromatic rings. The molecule has 0 radical (unpaired) electrons. The van der Waals surface area contributed by atoms with Crippen molar-refractivity contribution in [2.24, 2.45) is 0 Å². The maximum atomic E-state index is 12.7. The molecule has 0 bridgehead atoms. The molecular formula is C22H22N4O3. The smallest absolute Gasteiger partial charge is 0.267 e. The molecule has 0 fully saturated rings. The van der Waals surface area contributed by atoms with E-state index >= 15 is 0 Å². The van der Waals surface area contributed by atoms with Gasteiger partial charge < -0.3 is 0 Å². The quantitative estimate of drug-likeness (QED) is 0.672. The Hall–Kier alpha value is -3.48.